The lowest BCUT2D eigenvalue weighted by Gasteiger charge is -2.38. The van der Waals surface area contributed by atoms with Crippen molar-refractivity contribution in [3.8, 4) is 0 Å². The van der Waals surface area contributed by atoms with Gasteiger partial charge in [0.2, 0.25) is 0 Å². The van der Waals surface area contributed by atoms with Crippen molar-refractivity contribution < 1.29 is 17.9 Å². The summed E-state index contributed by atoms with van der Waals surface area (Å²) in [5.41, 5.74) is 1.12. The molecule has 1 saturated heterocycles. The predicted octanol–water partition coefficient (Wildman–Crippen LogP) is 2.85. The molecule has 1 fully saturated rings. The molecule has 0 amide bonds. The van der Waals surface area contributed by atoms with E-state index < -0.39 is 12.6 Å². The Balaban J connectivity index is 1.97. The van der Waals surface area contributed by atoms with Crippen molar-refractivity contribution in [2.75, 3.05) is 33.4 Å². The third kappa shape index (κ3) is 5.40. The molecule has 4 nitrogen and oxygen atoms in total. The van der Waals surface area contributed by atoms with Gasteiger partial charge in [-0.1, -0.05) is 30.3 Å². The zero-order valence-electron chi connectivity index (χ0n) is 13.8. The summed E-state index contributed by atoms with van der Waals surface area (Å²) in [4.78, 5) is 4.01. The van der Waals surface area contributed by atoms with Crippen molar-refractivity contribution in [3.05, 3.63) is 35.9 Å². The maximum absolute atomic E-state index is 12.3. The van der Waals surface area contributed by atoms with Crippen molar-refractivity contribution >= 4 is 5.96 Å². The van der Waals surface area contributed by atoms with Crippen molar-refractivity contribution in [2.45, 2.75) is 30.9 Å². The van der Waals surface area contributed by atoms with E-state index in [0.29, 0.717) is 25.7 Å². The second-order valence-electron chi connectivity index (χ2n) is 5.98. The molecule has 0 unspecified atom stereocenters. The van der Waals surface area contributed by atoms with E-state index in [1.165, 1.54) is 5.56 Å². The van der Waals surface area contributed by atoms with Crippen LogP contribution in [-0.4, -0.2) is 45.5 Å². The first-order valence-corrected chi connectivity index (χ1v) is 8.10. The SMILES string of the molecule is CN=C(NCCC(F)(F)F)NCC1(c2ccccc2)CCOCC1. The number of halogens is 3. The molecule has 2 N–H and O–H groups in total. The monoisotopic (exact) mass is 343 g/mol. The van der Waals surface area contributed by atoms with E-state index in [-0.39, 0.29) is 12.0 Å². The molecule has 0 bridgehead atoms. The largest absolute Gasteiger partial charge is 0.390 e. The van der Waals surface area contributed by atoms with E-state index in [9.17, 15) is 13.2 Å². The van der Waals surface area contributed by atoms with Crippen LogP contribution in [0.15, 0.2) is 35.3 Å². The van der Waals surface area contributed by atoms with Gasteiger partial charge in [-0.15, -0.1) is 0 Å². The fourth-order valence-corrected chi connectivity index (χ4v) is 2.92. The Hall–Kier alpha value is -1.76. The van der Waals surface area contributed by atoms with E-state index in [1.54, 1.807) is 7.05 Å². The average Bonchev–Trinajstić information content (AvgIpc) is 2.58. The Labute approximate surface area is 140 Å². The summed E-state index contributed by atoms with van der Waals surface area (Å²) >= 11 is 0. The molecule has 0 aliphatic carbocycles. The van der Waals surface area contributed by atoms with Gasteiger partial charge in [-0.3, -0.25) is 4.99 Å². The summed E-state index contributed by atoms with van der Waals surface area (Å²) in [5, 5.41) is 5.90. The van der Waals surface area contributed by atoms with Gasteiger partial charge in [0.25, 0.3) is 0 Å². The summed E-state index contributed by atoms with van der Waals surface area (Å²) in [6.45, 7) is 1.77. The molecular weight excluding hydrogens is 319 g/mol. The number of hydrogen-bond acceptors (Lipinski definition) is 2. The van der Waals surface area contributed by atoms with E-state index in [0.717, 1.165) is 12.8 Å². The normalized spacial score (nSPS) is 18.2. The highest BCUT2D eigenvalue weighted by molar-refractivity contribution is 5.79. The number of guanidine groups is 1. The second-order valence-corrected chi connectivity index (χ2v) is 5.98. The Morgan fingerprint density at radius 3 is 2.42 bits per heavy atom. The van der Waals surface area contributed by atoms with Gasteiger partial charge >= 0.3 is 6.18 Å². The van der Waals surface area contributed by atoms with E-state index in [4.69, 9.17) is 4.74 Å². The first kappa shape index (κ1) is 18.6. The number of rotatable bonds is 5. The van der Waals surface area contributed by atoms with Gasteiger partial charge in [0.15, 0.2) is 5.96 Å². The van der Waals surface area contributed by atoms with Crippen LogP contribution in [0.2, 0.25) is 0 Å². The highest BCUT2D eigenvalue weighted by Gasteiger charge is 2.34. The van der Waals surface area contributed by atoms with E-state index in [1.807, 2.05) is 18.2 Å². The van der Waals surface area contributed by atoms with Crippen molar-refractivity contribution in [1.29, 1.82) is 0 Å². The van der Waals surface area contributed by atoms with Crippen LogP contribution in [0, 0.1) is 0 Å². The summed E-state index contributed by atoms with van der Waals surface area (Å²) in [6, 6.07) is 10.2. The number of nitrogens with one attached hydrogen (secondary N) is 2. The molecule has 24 heavy (non-hydrogen) atoms. The van der Waals surface area contributed by atoms with Gasteiger partial charge in [0, 0.05) is 38.8 Å². The fraction of sp³-hybridized carbons (Fsp3) is 0.588. The lowest BCUT2D eigenvalue weighted by molar-refractivity contribution is -0.132. The van der Waals surface area contributed by atoms with Crippen LogP contribution in [-0.2, 0) is 10.2 Å². The molecule has 1 aliphatic rings. The van der Waals surface area contributed by atoms with Gasteiger partial charge < -0.3 is 15.4 Å². The lowest BCUT2D eigenvalue weighted by atomic mass is 9.74. The van der Waals surface area contributed by atoms with Gasteiger partial charge in [-0.25, -0.2) is 0 Å². The molecule has 0 spiro atoms. The number of benzene rings is 1. The first-order valence-electron chi connectivity index (χ1n) is 8.10. The second kappa shape index (κ2) is 8.37. The highest BCUT2D eigenvalue weighted by atomic mass is 19.4. The number of hydrogen-bond donors (Lipinski definition) is 2. The number of aliphatic imine (C=N–C) groups is 1. The van der Waals surface area contributed by atoms with Crippen LogP contribution >= 0.6 is 0 Å². The van der Waals surface area contributed by atoms with E-state index >= 15 is 0 Å². The van der Waals surface area contributed by atoms with Gasteiger partial charge in [-0.05, 0) is 18.4 Å². The Kier molecular flexibility index (Phi) is 6.48. The summed E-state index contributed by atoms with van der Waals surface area (Å²) < 4.78 is 42.2. The molecule has 0 radical (unpaired) electrons. The maximum Gasteiger partial charge on any atom is 0.390 e. The van der Waals surface area contributed by atoms with Crippen LogP contribution in [0.3, 0.4) is 0 Å². The van der Waals surface area contributed by atoms with Crippen molar-refractivity contribution in [1.82, 2.24) is 10.6 Å². The van der Waals surface area contributed by atoms with Crippen LogP contribution in [0.1, 0.15) is 24.8 Å². The number of ether oxygens (including phenoxy) is 1. The molecule has 7 heteroatoms. The minimum Gasteiger partial charge on any atom is -0.381 e. The van der Waals surface area contributed by atoms with Gasteiger partial charge in [0.1, 0.15) is 0 Å². The smallest absolute Gasteiger partial charge is 0.381 e. The average molecular weight is 343 g/mol. The van der Waals surface area contributed by atoms with Crippen LogP contribution < -0.4 is 10.6 Å². The van der Waals surface area contributed by atoms with Gasteiger partial charge in [-0.2, -0.15) is 13.2 Å². The van der Waals surface area contributed by atoms with Gasteiger partial charge in [0.05, 0.1) is 6.42 Å². The third-order valence-electron chi connectivity index (χ3n) is 4.35. The molecule has 1 aromatic carbocycles. The predicted molar refractivity (Wildman–Crippen MR) is 88.2 cm³/mol. The van der Waals surface area contributed by atoms with Crippen molar-refractivity contribution in [2.24, 2.45) is 4.99 Å². The molecular formula is C17H24F3N3O. The minimum absolute atomic E-state index is 0.0961. The minimum atomic E-state index is -4.17. The molecule has 1 aromatic rings. The quantitative estimate of drug-likeness (QED) is 0.638. The summed E-state index contributed by atoms with van der Waals surface area (Å²) in [6.07, 6.45) is -3.32. The zero-order valence-corrected chi connectivity index (χ0v) is 13.8. The summed E-state index contributed by atoms with van der Waals surface area (Å²) in [5.74, 6) is 0.390. The highest BCUT2D eigenvalue weighted by Crippen LogP contribution is 2.34. The Bertz CT molecular complexity index is 526. The molecule has 2 rings (SSSR count). The Morgan fingerprint density at radius 1 is 1.17 bits per heavy atom. The molecule has 134 valence electrons. The van der Waals surface area contributed by atoms with Crippen LogP contribution in [0.4, 0.5) is 13.2 Å². The first-order chi connectivity index (χ1) is 11.5. The fourth-order valence-electron chi connectivity index (χ4n) is 2.92. The summed E-state index contributed by atoms with van der Waals surface area (Å²) in [7, 11) is 1.56. The van der Waals surface area contributed by atoms with Crippen LogP contribution in [0.25, 0.3) is 0 Å². The molecule has 0 saturated carbocycles. The zero-order chi connectivity index (χ0) is 17.5. The topological polar surface area (TPSA) is 45.7 Å². The molecule has 0 atom stereocenters. The molecule has 1 heterocycles. The third-order valence-corrected chi connectivity index (χ3v) is 4.35. The molecule has 1 aliphatic heterocycles. The number of alkyl halides is 3. The number of nitrogens with zero attached hydrogens (tertiary/aromatic N) is 1. The van der Waals surface area contributed by atoms with Crippen molar-refractivity contribution in [3.63, 3.8) is 0 Å². The lowest BCUT2D eigenvalue weighted by Crippen LogP contribution is -2.48. The van der Waals surface area contributed by atoms with E-state index in [2.05, 4.69) is 27.8 Å². The standard InChI is InChI=1S/C17H24F3N3O/c1-21-15(22-10-7-17(18,19)20)23-13-16(8-11-24-12-9-16)14-5-3-2-4-6-14/h2-6H,7-13H2,1H3,(H2,21,22,23). The molecule has 0 aromatic heterocycles. The maximum atomic E-state index is 12.3. The Morgan fingerprint density at radius 2 is 1.83 bits per heavy atom. The van der Waals surface area contributed by atoms with Crippen LogP contribution in [0.5, 0.6) is 0 Å².